The summed E-state index contributed by atoms with van der Waals surface area (Å²) in [6, 6.07) is 14.8. The van der Waals surface area contributed by atoms with Crippen molar-refractivity contribution in [3.63, 3.8) is 0 Å². The van der Waals surface area contributed by atoms with Crippen LogP contribution in [-0.2, 0) is 28.4 Å². The van der Waals surface area contributed by atoms with E-state index in [9.17, 15) is 18.0 Å². The number of methoxy groups -OCH3 is 2. The van der Waals surface area contributed by atoms with Gasteiger partial charge < -0.3 is 19.4 Å². The molecule has 1 atom stereocenters. The van der Waals surface area contributed by atoms with Crippen molar-refractivity contribution in [2.24, 2.45) is 12.1 Å². The molecule has 4 aromatic rings. The summed E-state index contributed by atoms with van der Waals surface area (Å²) in [4.78, 5) is 27.5. The van der Waals surface area contributed by atoms with Crippen molar-refractivity contribution in [2.75, 3.05) is 34.1 Å². The second kappa shape index (κ2) is 14.0. The predicted molar refractivity (Wildman–Crippen MR) is 175 cm³/mol. The molecule has 0 saturated carbocycles. The number of hydrogen-bond donors (Lipinski definition) is 1. The maximum atomic E-state index is 13.7. The van der Waals surface area contributed by atoms with Crippen LogP contribution in [0.25, 0.3) is 0 Å². The first kappa shape index (κ1) is 33.1. The van der Waals surface area contributed by atoms with Gasteiger partial charge in [0.05, 0.1) is 48.0 Å². The number of carbonyl (C=O) groups is 2. The molecule has 1 aliphatic heterocycles. The third kappa shape index (κ3) is 6.79. The summed E-state index contributed by atoms with van der Waals surface area (Å²) in [7, 11) is 4.18. The van der Waals surface area contributed by atoms with Crippen molar-refractivity contribution in [3.8, 4) is 11.5 Å². The Bertz CT molecular complexity index is 1860. The Balaban J connectivity index is 1.25. The smallest absolute Gasteiger partial charge is 0.253 e. The van der Waals surface area contributed by atoms with E-state index in [-0.39, 0.29) is 23.1 Å². The highest BCUT2D eigenvalue weighted by atomic mass is 32.2. The maximum absolute atomic E-state index is 13.7. The zero-order chi connectivity index (χ0) is 33.0. The minimum Gasteiger partial charge on any atom is -0.493 e. The number of nitrogens with one attached hydrogen (secondary N) is 1. The standard InChI is InChI=1S/C30H33N7O6S3/c1-35(2)46(40,41)20-13-11-19(12-14-20)29(39)31-17-26-32-33-30(36(26)3)45-18-27(38)37-23(16-22(34-37)25-10-7-15-44-25)21-8-6-9-24(42-4)28(21)43-5/h6-15,23H,16-18H2,1-5H3,(H,31,39). The lowest BCUT2D eigenvalue weighted by atomic mass is 9.99. The van der Waals surface area contributed by atoms with Gasteiger partial charge in [-0.05, 0) is 41.8 Å². The molecule has 242 valence electrons. The second-order valence-corrected chi connectivity index (χ2v) is 14.3. The van der Waals surface area contributed by atoms with Gasteiger partial charge in [-0.15, -0.1) is 21.5 Å². The van der Waals surface area contributed by atoms with Gasteiger partial charge in [-0.3, -0.25) is 9.59 Å². The minimum atomic E-state index is -3.60. The zero-order valence-corrected chi connectivity index (χ0v) is 28.3. The molecule has 0 radical (unpaired) electrons. The van der Waals surface area contributed by atoms with Crippen LogP contribution in [0.1, 0.15) is 39.1 Å². The second-order valence-electron chi connectivity index (χ2n) is 10.3. The molecular weight excluding hydrogens is 651 g/mol. The van der Waals surface area contributed by atoms with E-state index in [1.54, 1.807) is 37.2 Å². The Morgan fingerprint density at radius 3 is 2.48 bits per heavy atom. The molecule has 1 aliphatic rings. The van der Waals surface area contributed by atoms with Gasteiger partial charge in [0.15, 0.2) is 22.5 Å². The highest BCUT2D eigenvalue weighted by molar-refractivity contribution is 7.99. The van der Waals surface area contributed by atoms with E-state index >= 15 is 0 Å². The topological polar surface area (TPSA) is 148 Å². The normalized spacial score (nSPS) is 14.8. The fourth-order valence-corrected chi connectivity index (χ4v) is 7.22. The van der Waals surface area contributed by atoms with Gasteiger partial charge in [-0.2, -0.15) is 5.10 Å². The van der Waals surface area contributed by atoms with Gasteiger partial charge in [-0.1, -0.05) is 30.0 Å². The van der Waals surface area contributed by atoms with Gasteiger partial charge in [0.25, 0.3) is 11.8 Å². The van der Waals surface area contributed by atoms with Crippen LogP contribution in [0.3, 0.4) is 0 Å². The van der Waals surface area contributed by atoms with Gasteiger partial charge in [-0.25, -0.2) is 17.7 Å². The zero-order valence-electron chi connectivity index (χ0n) is 25.8. The van der Waals surface area contributed by atoms with Crippen LogP contribution < -0.4 is 14.8 Å². The summed E-state index contributed by atoms with van der Waals surface area (Å²) in [5.41, 5.74) is 1.91. The Labute approximate surface area is 275 Å². The minimum absolute atomic E-state index is 0.0462. The lowest BCUT2D eigenvalue weighted by Gasteiger charge is -2.24. The first-order valence-electron chi connectivity index (χ1n) is 14.0. The number of aromatic nitrogens is 3. The number of thioether (sulfide) groups is 1. The summed E-state index contributed by atoms with van der Waals surface area (Å²) >= 11 is 2.78. The number of nitrogens with zero attached hydrogens (tertiary/aromatic N) is 6. The molecule has 0 spiro atoms. The average molecular weight is 684 g/mol. The molecule has 0 bridgehead atoms. The van der Waals surface area contributed by atoms with E-state index in [0.717, 1.165) is 20.5 Å². The molecule has 2 amide bonds. The Kier molecular flexibility index (Phi) is 10.1. The predicted octanol–water partition coefficient (Wildman–Crippen LogP) is 3.54. The van der Waals surface area contributed by atoms with Crippen LogP contribution >= 0.6 is 23.1 Å². The molecule has 0 fully saturated rings. The van der Waals surface area contributed by atoms with E-state index in [0.29, 0.717) is 34.5 Å². The molecule has 13 nitrogen and oxygen atoms in total. The first-order chi connectivity index (χ1) is 22.0. The highest BCUT2D eigenvalue weighted by Crippen LogP contribution is 2.42. The molecule has 2 aromatic heterocycles. The van der Waals surface area contributed by atoms with Crippen LogP contribution in [0, 0.1) is 0 Å². The third-order valence-corrected chi connectivity index (χ3v) is 11.1. The van der Waals surface area contributed by atoms with Crippen LogP contribution in [0.15, 0.2) is 75.1 Å². The Morgan fingerprint density at radius 1 is 1.07 bits per heavy atom. The summed E-state index contributed by atoms with van der Waals surface area (Å²) in [6.07, 6.45) is 0.516. The van der Waals surface area contributed by atoms with Crippen LogP contribution in [0.5, 0.6) is 11.5 Å². The van der Waals surface area contributed by atoms with E-state index in [1.165, 1.54) is 55.1 Å². The van der Waals surface area contributed by atoms with Crippen molar-refractivity contribution >= 4 is 50.6 Å². The quantitative estimate of drug-likeness (QED) is 0.222. The van der Waals surface area contributed by atoms with Gasteiger partial charge in [0.1, 0.15) is 0 Å². The van der Waals surface area contributed by atoms with Gasteiger partial charge >= 0.3 is 0 Å². The number of ether oxygens (including phenoxy) is 2. The van der Waals surface area contributed by atoms with Crippen molar-refractivity contribution in [2.45, 2.75) is 29.1 Å². The number of para-hydroxylation sites is 1. The number of hydrazone groups is 1. The number of carbonyl (C=O) groups excluding carboxylic acids is 2. The molecule has 1 unspecified atom stereocenters. The molecule has 16 heteroatoms. The lowest BCUT2D eigenvalue weighted by molar-refractivity contribution is -0.130. The average Bonchev–Trinajstić information content (AvgIpc) is 3.82. The summed E-state index contributed by atoms with van der Waals surface area (Å²) in [6.45, 7) is 0.0763. The highest BCUT2D eigenvalue weighted by Gasteiger charge is 2.36. The number of thiophene rings is 1. The van der Waals surface area contributed by atoms with Crippen LogP contribution in [0.2, 0.25) is 0 Å². The molecule has 46 heavy (non-hydrogen) atoms. The van der Waals surface area contributed by atoms with Gasteiger partial charge in [0, 0.05) is 38.7 Å². The molecule has 5 rings (SSSR count). The summed E-state index contributed by atoms with van der Waals surface area (Å²) in [5.74, 6) is 1.03. The van der Waals surface area contributed by atoms with Crippen molar-refractivity contribution in [1.82, 2.24) is 29.4 Å². The fraction of sp³-hybridized carbons (Fsp3) is 0.300. The van der Waals surface area contributed by atoms with Crippen LogP contribution in [0.4, 0.5) is 0 Å². The third-order valence-electron chi connectivity index (χ3n) is 7.32. The lowest BCUT2D eigenvalue weighted by Crippen LogP contribution is -2.29. The molecule has 2 aromatic carbocycles. The van der Waals surface area contributed by atoms with Crippen LogP contribution in [-0.4, -0.2) is 84.1 Å². The maximum Gasteiger partial charge on any atom is 0.253 e. The van der Waals surface area contributed by atoms with E-state index in [2.05, 4.69) is 15.5 Å². The Hall–Kier alpha value is -4.25. The van der Waals surface area contributed by atoms with Crippen molar-refractivity contribution < 1.29 is 27.5 Å². The number of hydrogen-bond acceptors (Lipinski definition) is 11. The molecular formula is C30H33N7O6S3. The van der Waals surface area contributed by atoms with Crippen molar-refractivity contribution in [3.05, 3.63) is 81.8 Å². The van der Waals surface area contributed by atoms with Gasteiger partial charge in [0.2, 0.25) is 10.0 Å². The summed E-state index contributed by atoms with van der Waals surface area (Å²) < 4.78 is 38.6. The molecule has 0 aliphatic carbocycles. The first-order valence-corrected chi connectivity index (χ1v) is 17.3. The largest absolute Gasteiger partial charge is 0.493 e. The van der Waals surface area contributed by atoms with Crippen molar-refractivity contribution in [1.29, 1.82) is 0 Å². The number of rotatable bonds is 12. The van der Waals surface area contributed by atoms with E-state index in [1.807, 2.05) is 35.7 Å². The number of sulfonamides is 1. The fourth-order valence-electron chi connectivity index (χ4n) is 4.82. The van der Waals surface area contributed by atoms with E-state index in [4.69, 9.17) is 14.6 Å². The number of amides is 2. The molecule has 3 heterocycles. The summed E-state index contributed by atoms with van der Waals surface area (Å²) in [5, 5.41) is 19.9. The SMILES string of the molecule is COc1cccc(C2CC(c3cccs3)=NN2C(=O)CSc2nnc(CNC(=O)c3ccc(S(=O)(=O)N(C)C)cc3)n2C)c1OC. The molecule has 1 N–H and O–H groups in total. The molecule has 0 saturated heterocycles. The monoisotopic (exact) mass is 683 g/mol. The Morgan fingerprint density at radius 2 is 1.83 bits per heavy atom. The number of benzene rings is 2. The van der Waals surface area contributed by atoms with E-state index < -0.39 is 22.0 Å².